The lowest BCUT2D eigenvalue weighted by Gasteiger charge is -2.34. The quantitative estimate of drug-likeness (QED) is 0.710. The molecule has 0 fully saturated rings. The first-order valence-corrected chi connectivity index (χ1v) is 4.11. The highest BCUT2D eigenvalue weighted by atomic mass is 19.4. The molecular weight excluding hydrogens is 271 g/mol. The molecule has 0 N–H and O–H groups in total. The Labute approximate surface area is 89.5 Å². The summed E-state index contributed by atoms with van der Waals surface area (Å²) in [7, 11) is 0. The van der Waals surface area contributed by atoms with Crippen molar-refractivity contribution in [3.63, 3.8) is 0 Å². The first-order valence-electron chi connectivity index (χ1n) is 4.11. The lowest BCUT2D eigenvalue weighted by molar-refractivity contribution is -0.397. The van der Waals surface area contributed by atoms with Gasteiger partial charge >= 0.3 is 18.3 Å². The van der Waals surface area contributed by atoms with Gasteiger partial charge in [-0.2, -0.15) is 35.1 Å². The molecule has 0 heterocycles. The van der Waals surface area contributed by atoms with Crippen LogP contribution in [0.5, 0.6) is 0 Å². The van der Waals surface area contributed by atoms with Crippen molar-refractivity contribution >= 4 is 0 Å². The molecule has 0 rings (SSSR count). The Bertz CT molecular complexity index is 255. The van der Waals surface area contributed by atoms with E-state index in [4.69, 9.17) is 0 Å². The van der Waals surface area contributed by atoms with E-state index >= 15 is 0 Å². The predicted molar refractivity (Wildman–Crippen MR) is 37.1 cm³/mol. The number of rotatable bonds is 4. The van der Waals surface area contributed by atoms with Gasteiger partial charge in [0.15, 0.2) is 0 Å². The lowest BCUT2D eigenvalue weighted by Crippen LogP contribution is -2.57. The van der Waals surface area contributed by atoms with Crippen LogP contribution in [0.3, 0.4) is 0 Å². The van der Waals surface area contributed by atoms with Crippen LogP contribution in [0.2, 0.25) is 0 Å². The van der Waals surface area contributed by atoms with Crippen molar-refractivity contribution in [2.24, 2.45) is 0 Å². The summed E-state index contributed by atoms with van der Waals surface area (Å²) in [5.41, 5.74) is 0. The first kappa shape index (κ1) is 16.3. The van der Waals surface area contributed by atoms with Crippen LogP contribution < -0.4 is 0 Å². The van der Waals surface area contributed by atoms with Crippen molar-refractivity contribution in [3.05, 3.63) is 0 Å². The zero-order valence-corrected chi connectivity index (χ0v) is 8.22. The molecule has 0 bridgehead atoms. The monoisotopic (exact) mass is 278 g/mol. The van der Waals surface area contributed by atoms with Gasteiger partial charge in [0.05, 0.1) is 0 Å². The third kappa shape index (κ3) is 3.65. The second kappa shape index (κ2) is 4.54. The summed E-state index contributed by atoms with van der Waals surface area (Å²) in [6, 6.07) is 0. The zero-order chi connectivity index (χ0) is 14.1. The minimum absolute atomic E-state index is 0.789. The molecule has 10 heteroatoms. The molecule has 0 saturated heterocycles. The minimum Gasteiger partial charge on any atom is -0.341 e. The topological polar surface area (TPSA) is 9.23 Å². The van der Waals surface area contributed by atoms with E-state index < -0.39 is 37.2 Å². The Balaban J connectivity index is 5.34. The third-order valence-corrected chi connectivity index (χ3v) is 1.63. The smallest absolute Gasteiger partial charge is 0.341 e. The average Bonchev–Trinajstić information content (AvgIpc) is 1.97. The van der Waals surface area contributed by atoms with Crippen LogP contribution >= 0.6 is 0 Å². The van der Waals surface area contributed by atoms with Gasteiger partial charge in [-0.05, 0) is 6.92 Å². The molecule has 1 unspecified atom stereocenters. The Morgan fingerprint density at radius 1 is 0.824 bits per heavy atom. The van der Waals surface area contributed by atoms with Crippen LogP contribution in [0.25, 0.3) is 0 Å². The van der Waals surface area contributed by atoms with E-state index in [0.717, 1.165) is 6.92 Å². The van der Waals surface area contributed by atoms with E-state index in [1.54, 1.807) is 0 Å². The van der Waals surface area contributed by atoms with Crippen molar-refractivity contribution in [2.75, 3.05) is 6.61 Å². The largest absolute Gasteiger partial charge is 0.459 e. The standard InChI is InChI=1S/C7H7F9O/c1-2-17-4(8,3-5(9,10)11)6(12,13)7(14,15)16/h2-3H2,1H3. The van der Waals surface area contributed by atoms with Gasteiger partial charge in [-0.25, -0.2) is 4.39 Å². The highest BCUT2D eigenvalue weighted by molar-refractivity contribution is 4.93. The maximum atomic E-state index is 13.1. The van der Waals surface area contributed by atoms with Gasteiger partial charge in [-0.15, -0.1) is 0 Å². The van der Waals surface area contributed by atoms with Crippen molar-refractivity contribution in [1.29, 1.82) is 0 Å². The lowest BCUT2D eigenvalue weighted by atomic mass is 10.1. The summed E-state index contributed by atoms with van der Waals surface area (Å²) in [4.78, 5) is 0. The van der Waals surface area contributed by atoms with Gasteiger partial charge < -0.3 is 4.74 Å². The highest BCUT2D eigenvalue weighted by Gasteiger charge is 2.74. The number of alkyl halides is 9. The van der Waals surface area contributed by atoms with Gasteiger partial charge in [-0.3, -0.25) is 0 Å². The van der Waals surface area contributed by atoms with E-state index in [9.17, 15) is 39.5 Å². The van der Waals surface area contributed by atoms with E-state index in [0.29, 0.717) is 0 Å². The molecule has 0 spiro atoms. The summed E-state index contributed by atoms with van der Waals surface area (Å²) in [5.74, 6) is -11.4. The van der Waals surface area contributed by atoms with Gasteiger partial charge in [0.2, 0.25) is 0 Å². The van der Waals surface area contributed by atoms with E-state index in [1.165, 1.54) is 0 Å². The van der Waals surface area contributed by atoms with Crippen molar-refractivity contribution in [1.82, 2.24) is 0 Å². The number of hydrogen-bond acceptors (Lipinski definition) is 1. The Morgan fingerprint density at radius 3 is 1.47 bits per heavy atom. The van der Waals surface area contributed by atoms with Crippen LogP contribution in [0.4, 0.5) is 39.5 Å². The van der Waals surface area contributed by atoms with Gasteiger partial charge in [0.25, 0.3) is 5.85 Å². The van der Waals surface area contributed by atoms with E-state index in [1.807, 2.05) is 0 Å². The summed E-state index contributed by atoms with van der Waals surface area (Å²) in [6.07, 6.45) is -15.1. The molecule has 0 aromatic rings. The number of halogens is 9. The number of ether oxygens (including phenoxy) is 1. The molecule has 0 aliphatic heterocycles. The predicted octanol–water partition coefficient (Wildman–Crippen LogP) is 3.84. The van der Waals surface area contributed by atoms with Gasteiger partial charge in [0, 0.05) is 6.61 Å². The fourth-order valence-corrected chi connectivity index (χ4v) is 0.951. The fraction of sp³-hybridized carbons (Fsp3) is 1.00. The second-order valence-electron chi connectivity index (χ2n) is 3.03. The number of hydrogen-bond donors (Lipinski definition) is 0. The van der Waals surface area contributed by atoms with Gasteiger partial charge in [-0.1, -0.05) is 0 Å². The van der Waals surface area contributed by atoms with Crippen LogP contribution in [0, 0.1) is 0 Å². The first-order chi connectivity index (χ1) is 7.27. The molecule has 1 atom stereocenters. The molecule has 0 amide bonds. The van der Waals surface area contributed by atoms with Crippen LogP contribution in [0.15, 0.2) is 0 Å². The molecular formula is C7H7F9O. The molecule has 0 aliphatic carbocycles. The maximum absolute atomic E-state index is 13.1. The van der Waals surface area contributed by atoms with Gasteiger partial charge in [0.1, 0.15) is 6.42 Å². The minimum atomic E-state index is -6.48. The summed E-state index contributed by atoms with van der Waals surface area (Å²) in [6.45, 7) is -0.282. The van der Waals surface area contributed by atoms with Crippen LogP contribution in [-0.2, 0) is 4.74 Å². The van der Waals surface area contributed by atoms with E-state index in [2.05, 4.69) is 4.74 Å². The van der Waals surface area contributed by atoms with E-state index in [-0.39, 0.29) is 0 Å². The molecule has 0 radical (unpaired) electrons. The van der Waals surface area contributed by atoms with Crippen LogP contribution in [-0.4, -0.2) is 30.7 Å². The molecule has 17 heavy (non-hydrogen) atoms. The summed E-state index contributed by atoms with van der Waals surface area (Å²) < 4.78 is 112. The molecule has 0 aliphatic rings. The molecule has 104 valence electrons. The SMILES string of the molecule is CCOC(F)(CC(F)(F)F)C(F)(F)C(F)(F)F. The fourth-order valence-electron chi connectivity index (χ4n) is 0.951. The molecule has 1 nitrogen and oxygen atoms in total. The normalized spacial score (nSPS) is 18.0. The van der Waals surface area contributed by atoms with Crippen molar-refractivity contribution in [2.45, 2.75) is 37.5 Å². The average molecular weight is 278 g/mol. The van der Waals surface area contributed by atoms with Crippen molar-refractivity contribution in [3.8, 4) is 0 Å². The second-order valence-corrected chi connectivity index (χ2v) is 3.03. The molecule has 0 aromatic carbocycles. The zero-order valence-electron chi connectivity index (χ0n) is 8.22. The highest BCUT2D eigenvalue weighted by Crippen LogP contribution is 2.50. The Morgan fingerprint density at radius 2 is 1.24 bits per heavy atom. The molecule has 0 saturated carbocycles. The molecule has 0 aromatic heterocycles. The summed E-state index contributed by atoms with van der Waals surface area (Å²) >= 11 is 0. The Kier molecular flexibility index (Phi) is 4.36. The maximum Gasteiger partial charge on any atom is 0.459 e. The Hall–Kier alpha value is -0.670. The third-order valence-electron chi connectivity index (χ3n) is 1.63. The van der Waals surface area contributed by atoms with Crippen molar-refractivity contribution < 1.29 is 44.3 Å². The van der Waals surface area contributed by atoms with Crippen LogP contribution in [0.1, 0.15) is 13.3 Å². The summed E-state index contributed by atoms with van der Waals surface area (Å²) in [5, 5.41) is 0.